The minimum Gasteiger partial charge on any atom is -0.490 e. The molecule has 0 amide bonds. The van der Waals surface area contributed by atoms with E-state index in [4.69, 9.17) is 30.0 Å². The molecule has 2 aliphatic rings. The molecule has 2 saturated heterocycles. The van der Waals surface area contributed by atoms with Crippen LogP contribution in [0.5, 0.6) is 5.75 Å². The van der Waals surface area contributed by atoms with Crippen LogP contribution in [-0.2, 0) is 30.2 Å². The minimum atomic E-state index is -3.55. The first-order chi connectivity index (χ1) is 19.2. The summed E-state index contributed by atoms with van der Waals surface area (Å²) in [7, 11) is -1.88. The zero-order valence-corrected chi connectivity index (χ0v) is 25.5. The molecule has 0 spiro atoms. The number of anilines is 2. The zero-order valence-electron chi connectivity index (χ0n) is 23.9. The topological polar surface area (TPSA) is 90.4 Å². The molecule has 1 aromatic heterocycles. The van der Waals surface area contributed by atoms with E-state index in [-0.39, 0.29) is 30.8 Å². The van der Waals surface area contributed by atoms with Crippen LogP contribution in [0.4, 0.5) is 11.4 Å². The van der Waals surface area contributed by atoms with Crippen molar-refractivity contribution in [3.8, 4) is 5.75 Å². The monoisotopic (exact) mass is 595 g/mol. The molecule has 0 aliphatic carbocycles. The van der Waals surface area contributed by atoms with Crippen LogP contribution in [0.3, 0.4) is 0 Å². The molecule has 1 aromatic carbocycles. The summed E-state index contributed by atoms with van der Waals surface area (Å²) >= 11 is 6.44. The molecule has 11 heteroatoms. The van der Waals surface area contributed by atoms with E-state index in [9.17, 15) is 8.42 Å². The van der Waals surface area contributed by atoms with Crippen LogP contribution < -0.4 is 14.5 Å². The molecule has 2 aromatic rings. The number of pyridine rings is 1. The summed E-state index contributed by atoms with van der Waals surface area (Å²) in [6, 6.07) is 9.99. The van der Waals surface area contributed by atoms with Crippen molar-refractivity contribution >= 4 is 33.1 Å². The van der Waals surface area contributed by atoms with Crippen molar-refractivity contribution in [2.75, 3.05) is 62.6 Å². The molecule has 40 heavy (non-hydrogen) atoms. The van der Waals surface area contributed by atoms with Gasteiger partial charge in [-0.05, 0) is 43.2 Å². The highest BCUT2D eigenvalue weighted by atomic mass is 35.5. The van der Waals surface area contributed by atoms with Gasteiger partial charge in [0.2, 0.25) is 0 Å². The van der Waals surface area contributed by atoms with Crippen molar-refractivity contribution in [1.82, 2.24) is 4.98 Å². The minimum absolute atomic E-state index is 0.0339. The number of methoxy groups -OCH3 is 1. The number of ether oxygens (including phenoxy) is 3. The predicted molar refractivity (Wildman–Crippen MR) is 158 cm³/mol. The van der Waals surface area contributed by atoms with E-state index in [0.717, 1.165) is 67.8 Å². The van der Waals surface area contributed by atoms with Gasteiger partial charge in [0.15, 0.2) is 0 Å². The van der Waals surface area contributed by atoms with E-state index in [1.807, 2.05) is 24.3 Å². The third-order valence-corrected chi connectivity index (χ3v) is 8.61. The molecule has 2 fully saturated rings. The number of hydrogen-bond acceptors (Lipinski definition) is 9. The Morgan fingerprint density at radius 1 is 1.12 bits per heavy atom. The fourth-order valence-corrected chi connectivity index (χ4v) is 6.04. The molecule has 0 N–H and O–H groups in total. The molecule has 0 saturated carbocycles. The molecule has 2 aliphatic heterocycles. The quantitative estimate of drug-likeness (QED) is 0.244. The highest BCUT2D eigenvalue weighted by Gasteiger charge is 2.40. The summed E-state index contributed by atoms with van der Waals surface area (Å²) < 4.78 is 46.3. The van der Waals surface area contributed by atoms with E-state index in [2.05, 4.69) is 34.7 Å². The van der Waals surface area contributed by atoms with Crippen LogP contribution in [0.25, 0.3) is 0 Å². The second kappa shape index (κ2) is 14.2. The molecule has 3 heterocycles. The van der Waals surface area contributed by atoms with E-state index in [1.165, 1.54) is 0 Å². The summed E-state index contributed by atoms with van der Waals surface area (Å²) in [5, 5.41) is 0.686. The number of benzene rings is 1. The van der Waals surface area contributed by atoms with Crippen molar-refractivity contribution in [1.29, 1.82) is 0 Å². The number of aromatic nitrogens is 1. The van der Waals surface area contributed by atoms with Gasteiger partial charge in [-0.15, -0.1) is 0 Å². The lowest BCUT2D eigenvalue weighted by Gasteiger charge is -2.34. The Morgan fingerprint density at radius 3 is 2.50 bits per heavy atom. The first-order valence-electron chi connectivity index (χ1n) is 14.1. The maximum Gasteiger partial charge on any atom is 0.264 e. The molecule has 0 bridgehead atoms. The first-order valence-corrected chi connectivity index (χ1v) is 16.3. The van der Waals surface area contributed by atoms with Gasteiger partial charge in [0.1, 0.15) is 11.9 Å². The number of hydrogen-bond donors (Lipinski definition) is 0. The van der Waals surface area contributed by atoms with E-state index >= 15 is 0 Å². The average Bonchev–Trinajstić information content (AvgIpc) is 3.25. The Labute approximate surface area is 243 Å². The smallest absolute Gasteiger partial charge is 0.264 e. The number of nitrogens with zero attached hydrogens (tertiary/aromatic N) is 3. The normalized spacial score (nSPS) is 22.2. The number of piperidine rings is 1. The van der Waals surface area contributed by atoms with Gasteiger partial charge < -0.3 is 24.0 Å². The second-order valence-electron chi connectivity index (χ2n) is 10.6. The Kier molecular flexibility index (Phi) is 10.9. The molecule has 4 rings (SSSR count). The lowest BCUT2D eigenvalue weighted by atomic mass is 10.0. The average molecular weight is 596 g/mol. The first kappa shape index (κ1) is 30.8. The van der Waals surface area contributed by atoms with Gasteiger partial charge in [0.05, 0.1) is 35.7 Å². The summed E-state index contributed by atoms with van der Waals surface area (Å²) in [6.07, 6.45) is 6.41. The molecule has 0 unspecified atom stereocenters. The summed E-state index contributed by atoms with van der Waals surface area (Å²) in [4.78, 5) is 8.88. The van der Waals surface area contributed by atoms with E-state index in [1.54, 1.807) is 13.3 Å². The lowest BCUT2D eigenvalue weighted by molar-refractivity contribution is 0.0249. The third kappa shape index (κ3) is 8.22. The SMILES string of the molecule is CCc1cc(N2CCC(Oc3ccc(N4C[C@H](OCCCOC)[C@@H](C)[C@@H]4COS(C)(=O)=O)cc3)CC2)c(Cl)cn1. The molecule has 222 valence electrons. The molecule has 9 nitrogen and oxygen atoms in total. The Hall–Kier alpha value is -2.11. The summed E-state index contributed by atoms with van der Waals surface area (Å²) in [6.45, 7) is 7.89. The molecule has 3 atom stereocenters. The van der Waals surface area contributed by atoms with E-state index in [0.29, 0.717) is 24.8 Å². The van der Waals surface area contributed by atoms with Gasteiger partial charge in [0.25, 0.3) is 10.1 Å². The highest BCUT2D eigenvalue weighted by molar-refractivity contribution is 7.85. The fourth-order valence-electron chi connectivity index (χ4n) is 5.43. The van der Waals surface area contributed by atoms with Crippen LogP contribution in [0, 0.1) is 5.92 Å². The van der Waals surface area contributed by atoms with Gasteiger partial charge in [-0.3, -0.25) is 9.17 Å². The Morgan fingerprint density at radius 2 is 1.85 bits per heavy atom. The maximum atomic E-state index is 11.7. The van der Waals surface area contributed by atoms with Gasteiger partial charge in [-0.25, -0.2) is 0 Å². The molecule has 0 radical (unpaired) electrons. The van der Waals surface area contributed by atoms with Crippen molar-refractivity contribution in [3.05, 3.63) is 47.2 Å². The van der Waals surface area contributed by atoms with Crippen LogP contribution in [0.15, 0.2) is 36.5 Å². The lowest BCUT2D eigenvalue weighted by Crippen LogP contribution is -2.38. The highest BCUT2D eigenvalue weighted by Crippen LogP contribution is 2.34. The Bertz CT molecular complexity index is 1190. The van der Waals surface area contributed by atoms with Gasteiger partial charge in [0, 0.05) is 76.3 Å². The number of aryl methyl sites for hydroxylation is 1. The van der Waals surface area contributed by atoms with Crippen molar-refractivity contribution in [2.45, 2.75) is 57.8 Å². The van der Waals surface area contributed by atoms with Gasteiger partial charge >= 0.3 is 0 Å². The van der Waals surface area contributed by atoms with Crippen molar-refractivity contribution in [2.24, 2.45) is 5.92 Å². The zero-order chi connectivity index (χ0) is 28.7. The summed E-state index contributed by atoms with van der Waals surface area (Å²) in [5.41, 5.74) is 3.07. The second-order valence-corrected chi connectivity index (χ2v) is 12.7. The van der Waals surface area contributed by atoms with E-state index < -0.39 is 10.1 Å². The van der Waals surface area contributed by atoms with Crippen LogP contribution >= 0.6 is 11.6 Å². The third-order valence-electron chi connectivity index (χ3n) is 7.76. The van der Waals surface area contributed by atoms with Crippen LogP contribution in [-0.4, -0.2) is 84.5 Å². The maximum absolute atomic E-state index is 11.7. The van der Waals surface area contributed by atoms with Crippen molar-refractivity contribution in [3.63, 3.8) is 0 Å². The number of rotatable bonds is 13. The fraction of sp³-hybridized carbons (Fsp3) is 0.621. The standard InChI is InChI=1S/C29H42ClN3O6S/c1-5-22-17-27(26(30)18-31-22)32-13-11-25(12-14-32)39-24-9-7-23(8-10-24)33-19-29(37-16-6-15-36-3)21(2)28(33)20-38-40(4,34)35/h7-10,17-18,21,25,28-29H,5-6,11-16,19-20H2,1-4H3/t21-,28-,29-/m0/s1. The van der Waals surface area contributed by atoms with Crippen molar-refractivity contribution < 1.29 is 26.8 Å². The van der Waals surface area contributed by atoms with Crippen LogP contribution in [0.2, 0.25) is 5.02 Å². The number of halogens is 1. The Balaban J connectivity index is 1.36. The van der Waals surface area contributed by atoms with Gasteiger partial charge in [-0.1, -0.05) is 25.4 Å². The summed E-state index contributed by atoms with van der Waals surface area (Å²) in [5.74, 6) is 0.911. The largest absolute Gasteiger partial charge is 0.490 e. The van der Waals surface area contributed by atoms with Crippen LogP contribution in [0.1, 0.15) is 38.8 Å². The molecular formula is C29H42ClN3O6S. The predicted octanol–water partition coefficient (Wildman–Crippen LogP) is 4.57. The molecular weight excluding hydrogens is 554 g/mol. The van der Waals surface area contributed by atoms with Gasteiger partial charge in [-0.2, -0.15) is 8.42 Å².